The highest BCUT2D eigenvalue weighted by atomic mass is 16.6. The molecule has 11 heteroatoms. The Bertz CT molecular complexity index is 1260. The van der Waals surface area contributed by atoms with Crippen molar-refractivity contribution in [2.24, 2.45) is 5.10 Å². The maximum absolute atomic E-state index is 12.4. The predicted molar refractivity (Wildman–Crippen MR) is 118 cm³/mol. The Balaban J connectivity index is 1.78. The zero-order chi connectivity index (χ0) is 24.0. The number of nitrogens with one attached hydrogen (secondary N) is 1. The number of benzene rings is 2. The highest BCUT2D eigenvalue weighted by Crippen LogP contribution is 2.33. The van der Waals surface area contributed by atoms with Crippen molar-refractivity contribution in [2.75, 3.05) is 13.7 Å². The first-order valence-corrected chi connectivity index (χ1v) is 9.50. The molecule has 0 fully saturated rings. The van der Waals surface area contributed by atoms with Gasteiger partial charge in [-0.2, -0.15) is 5.10 Å². The monoisotopic (exact) mass is 453 g/mol. The van der Waals surface area contributed by atoms with Crippen LogP contribution in [0.15, 0.2) is 58.6 Å². The van der Waals surface area contributed by atoms with Gasteiger partial charge in [-0.15, -0.1) is 6.58 Å². The fourth-order valence-corrected chi connectivity index (χ4v) is 2.99. The molecule has 2 N–H and O–H groups in total. The molecule has 0 aliphatic heterocycles. The number of nitro groups is 1. The zero-order valence-corrected chi connectivity index (χ0v) is 17.4. The van der Waals surface area contributed by atoms with Crippen LogP contribution in [0, 0.1) is 10.1 Å². The quantitative estimate of drug-likeness (QED) is 0.205. The van der Waals surface area contributed by atoms with Crippen LogP contribution in [0.2, 0.25) is 0 Å². The maximum Gasteiger partial charge on any atom is 0.341 e. The van der Waals surface area contributed by atoms with E-state index >= 15 is 0 Å². The fourth-order valence-electron chi connectivity index (χ4n) is 2.99. The fraction of sp³-hybridized carbons (Fsp3) is 0.136. The molecule has 0 aliphatic carbocycles. The number of carboxylic acids is 1. The van der Waals surface area contributed by atoms with Gasteiger partial charge in [0.05, 0.1) is 18.2 Å². The second-order valence-electron chi connectivity index (χ2n) is 6.68. The Kier molecular flexibility index (Phi) is 7.03. The summed E-state index contributed by atoms with van der Waals surface area (Å²) in [6, 6.07) is 8.64. The number of rotatable bonds is 10. The summed E-state index contributed by atoms with van der Waals surface area (Å²) >= 11 is 0. The van der Waals surface area contributed by atoms with Crippen LogP contribution in [0.5, 0.6) is 11.5 Å². The van der Waals surface area contributed by atoms with Crippen molar-refractivity contribution in [3.8, 4) is 11.5 Å². The summed E-state index contributed by atoms with van der Waals surface area (Å²) in [7, 11) is 1.41. The molecule has 1 aromatic heterocycles. The summed E-state index contributed by atoms with van der Waals surface area (Å²) in [5.74, 6) is -1.27. The van der Waals surface area contributed by atoms with E-state index in [1.54, 1.807) is 18.2 Å². The maximum atomic E-state index is 12.4. The van der Waals surface area contributed by atoms with Crippen LogP contribution in [-0.4, -0.2) is 41.8 Å². The third-order valence-corrected chi connectivity index (χ3v) is 4.39. The molecule has 0 saturated heterocycles. The number of hydrogen-bond acceptors (Lipinski definition) is 8. The number of non-ortho nitro benzene ring substituents is 1. The van der Waals surface area contributed by atoms with Crippen molar-refractivity contribution in [2.45, 2.75) is 6.42 Å². The van der Waals surface area contributed by atoms with Crippen LogP contribution >= 0.6 is 0 Å². The van der Waals surface area contributed by atoms with Gasteiger partial charge < -0.3 is 19.0 Å². The lowest BCUT2D eigenvalue weighted by Crippen LogP contribution is -2.16. The molecule has 1 heterocycles. The highest BCUT2D eigenvalue weighted by Gasteiger charge is 2.16. The van der Waals surface area contributed by atoms with Gasteiger partial charge in [0.2, 0.25) is 0 Å². The third kappa shape index (κ3) is 5.53. The van der Waals surface area contributed by atoms with Crippen LogP contribution < -0.4 is 14.9 Å². The van der Waals surface area contributed by atoms with Crippen molar-refractivity contribution in [3.05, 3.63) is 76.1 Å². The van der Waals surface area contributed by atoms with Gasteiger partial charge in [-0.1, -0.05) is 6.08 Å². The number of carbonyl (C=O) groups is 2. The van der Waals surface area contributed by atoms with Crippen molar-refractivity contribution in [1.29, 1.82) is 0 Å². The molecule has 0 unspecified atom stereocenters. The predicted octanol–water partition coefficient (Wildman–Crippen LogP) is 3.31. The first-order valence-electron chi connectivity index (χ1n) is 9.50. The molecule has 3 rings (SSSR count). The first-order chi connectivity index (χ1) is 15.8. The minimum Gasteiger partial charge on any atom is -0.493 e. The molecular formula is C22H19N3O8. The molecule has 0 bridgehead atoms. The van der Waals surface area contributed by atoms with Gasteiger partial charge in [-0.05, 0) is 36.2 Å². The molecule has 0 atom stereocenters. The minimum absolute atomic E-state index is 0.0648. The first kappa shape index (κ1) is 23.0. The number of carboxylic acid groups (broad SMARTS) is 1. The SMILES string of the molecule is C=CCc1cc(/C=N/NC(=O)c2cc3cc([N+](=O)[O-])ccc3o2)cc(OC)c1OCC(=O)O. The lowest BCUT2D eigenvalue weighted by molar-refractivity contribution is -0.384. The van der Waals surface area contributed by atoms with Gasteiger partial charge in [0, 0.05) is 23.1 Å². The van der Waals surface area contributed by atoms with E-state index in [-0.39, 0.29) is 17.2 Å². The van der Waals surface area contributed by atoms with Gasteiger partial charge in [-0.25, -0.2) is 10.2 Å². The van der Waals surface area contributed by atoms with Gasteiger partial charge >= 0.3 is 11.9 Å². The second-order valence-corrected chi connectivity index (χ2v) is 6.68. The number of fused-ring (bicyclic) bond motifs is 1. The van der Waals surface area contributed by atoms with Crippen LogP contribution in [0.3, 0.4) is 0 Å². The standard InChI is InChI=1S/C22H19N3O8/c1-3-4-14-7-13(8-18(31-2)21(14)32-12-20(26)27)11-23-24-22(28)19-10-15-9-16(25(29)30)5-6-17(15)33-19/h3,5-11H,1,4,12H2,2H3,(H,24,28)(H,26,27)/b23-11+. The lowest BCUT2D eigenvalue weighted by Gasteiger charge is -2.14. The highest BCUT2D eigenvalue weighted by molar-refractivity contribution is 5.97. The molecule has 1 amide bonds. The van der Waals surface area contributed by atoms with E-state index in [0.29, 0.717) is 34.3 Å². The van der Waals surface area contributed by atoms with Crippen molar-refractivity contribution >= 4 is 34.7 Å². The molecule has 0 saturated carbocycles. The number of nitrogens with zero attached hydrogens (tertiary/aromatic N) is 2. The topological polar surface area (TPSA) is 154 Å². The number of hydrazone groups is 1. The van der Waals surface area contributed by atoms with E-state index in [9.17, 15) is 19.7 Å². The molecule has 11 nitrogen and oxygen atoms in total. The van der Waals surface area contributed by atoms with E-state index in [0.717, 1.165) is 0 Å². The molecule has 170 valence electrons. The molecule has 0 radical (unpaired) electrons. The third-order valence-electron chi connectivity index (χ3n) is 4.39. The van der Waals surface area contributed by atoms with Crippen LogP contribution in [0.1, 0.15) is 21.7 Å². The van der Waals surface area contributed by atoms with Crippen molar-refractivity contribution in [3.63, 3.8) is 0 Å². The van der Waals surface area contributed by atoms with Gasteiger partial charge in [0.1, 0.15) is 5.58 Å². The lowest BCUT2D eigenvalue weighted by atomic mass is 10.1. The Labute approximate surface area is 187 Å². The summed E-state index contributed by atoms with van der Waals surface area (Å²) in [5.41, 5.74) is 3.70. The summed E-state index contributed by atoms with van der Waals surface area (Å²) in [5, 5.41) is 24.1. The molecule has 0 spiro atoms. The van der Waals surface area contributed by atoms with Gasteiger partial charge in [-0.3, -0.25) is 14.9 Å². The molecule has 33 heavy (non-hydrogen) atoms. The van der Waals surface area contributed by atoms with E-state index in [1.807, 2.05) is 0 Å². The van der Waals surface area contributed by atoms with Crippen LogP contribution in [-0.2, 0) is 11.2 Å². The largest absolute Gasteiger partial charge is 0.493 e. The number of hydrogen-bond donors (Lipinski definition) is 2. The molecule has 0 aliphatic rings. The summed E-state index contributed by atoms with van der Waals surface area (Å²) in [6.45, 7) is 3.14. The van der Waals surface area contributed by atoms with E-state index in [4.69, 9.17) is 19.0 Å². The zero-order valence-electron chi connectivity index (χ0n) is 17.4. The Hall–Kier alpha value is -4.67. The number of methoxy groups -OCH3 is 1. The second kappa shape index (κ2) is 10.1. The Morgan fingerprint density at radius 3 is 2.76 bits per heavy atom. The Morgan fingerprint density at radius 2 is 2.09 bits per heavy atom. The molecular weight excluding hydrogens is 434 g/mol. The van der Waals surface area contributed by atoms with Crippen molar-refractivity contribution in [1.82, 2.24) is 5.43 Å². The Morgan fingerprint density at radius 1 is 1.30 bits per heavy atom. The summed E-state index contributed by atoms with van der Waals surface area (Å²) in [6.07, 6.45) is 3.36. The van der Waals surface area contributed by atoms with Crippen LogP contribution in [0.4, 0.5) is 5.69 Å². The summed E-state index contributed by atoms with van der Waals surface area (Å²) in [4.78, 5) is 33.6. The van der Waals surface area contributed by atoms with E-state index in [1.165, 1.54) is 37.6 Å². The number of allylic oxidation sites excluding steroid dienone is 1. The number of ether oxygens (including phenoxy) is 2. The van der Waals surface area contributed by atoms with Crippen molar-refractivity contribution < 1.29 is 33.5 Å². The van der Waals surface area contributed by atoms with Gasteiger partial charge in [0.25, 0.3) is 5.69 Å². The number of furan rings is 1. The normalized spacial score (nSPS) is 10.8. The smallest absolute Gasteiger partial charge is 0.341 e. The summed E-state index contributed by atoms with van der Waals surface area (Å²) < 4.78 is 16.1. The number of carbonyl (C=O) groups excluding carboxylic acids is 1. The van der Waals surface area contributed by atoms with E-state index < -0.39 is 23.4 Å². The van der Waals surface area contributed by atoms with Gasteiger partial charge in [0.15, 0.2) is 23.9 Å². The van der Waals surface area contributed by atoms with Crippen LogP contribution in [0.25, 0.3) is 11.0 Å². The minimum atomic E-state index is -1.13. The number of nitro benzene ring substituents is 1. The molecule has 3 aromatic rings. The number of amides is 1. The average molecular weight is 453 g/mol. The average Bonchev–Trinajstić information content (AvgIpc) is 3.21. The number of aliphatic carboxylic acids is 1. The van der Waals surface area contributed by atoms with E-state index in [2.05, 4.69) is 17.1 Å². The molecule has 2 aromatic carbocycles.